The van der Waals surface area contributed by atoms with Crippen LogP contribution in [0.15, 0.2) is 22.9 Å². The average Bonchev–Trinajstić information content (AvgIpc) is 2.70. The van der Waals surface area contributed by atoms with Gasteiger partial charge in [-0.05, 0) is 12.0 Å². The minimum atomic E-state index is 0.455. The fourth-order valence-electron chi connectivity index (χ4n) is 1.48. The van der Waals surface area contributed by atoms with E-state index in [0.717, 1.165) is 5.69 Å². The monoisotopic (exact) mass is 191 g/mol. The largest absolute Gasteiger partial charge is 0.443 e. The van der Waals surface area contributed by atoms with E-state index in [1.807, 2.05) is 17.8 Å². The van der Waals surface area contributed by atoms with Crippen LogP contribution in [0.3, 0.4) is 0 Å². The molecule has 4 heteroatoms. The Morgan fingerprint density at radius 3 is 2.71 bits per heavy atom. The molecule has 0 saturated heterocycles. The Bertz CT molecular complexity index is 415. The zero-order valence-corrected chi connectivity index (χ0v) is 8.56. The number of hydrogen-bond donors (Lipinski definition) is 0. The van der Waals surface area contributed by atoms with E-state index in [1.165, 1.54) is 5.69 Å². The van der Waals surface area contributed by atoms with Gasteiger partial charge in [-0.2, -0.15) is 5.10 Å². The summed E-state index contributed by atoms with van der Waals surface area (Å²) in [5.41, 5.74) is 1.97. The molecule has 0 spiro atoms. The van der Waals surface area contributed by atoms with E-state index in [0.29, 0.717) is 11.8 Å². The van der Waals surface area contributed by atoms with Crippen molar-refractivity contribution in [2.75, 3.05) is 0 Å². The van der Waals surface area contributed by atoms with E-state index < -0.39 is 0 Å². The molecule has 2 rings (SSSR count). The van der Waals surface area contributed by atoms with Gasteiger partial charge in [0, 0.05) is 12.7 Å². The highest BCUT2D eigenvalue weighted by Crippen LogP contribution is 2.21. The second-order valence-corrected chi connectivity index (χ2v) is 3.57. The Morgan fingerprint density at radius 2 is 2.21 bits per heavy atom. The standard InChI is InChI=1S/C10H13N3O/c1-7(2)9-6-8(12-13(9)3)10-11-4-5-14-10/h4-7H,1-3H3. The van der Waals surface area contributed by atoms with Crippen LogP contribution in [-0.2, 0) is 7.05 Å². The molecule has 0 N–H and O–H groups in total. The summed E-state index contributed by atoms with van der Waals surface area (Å²) in [5.74, 6) is 1.03. The van der Waals surface area contributed by atoms with E-state index in [1.54, 1.807) is 12.5 Å². The van der Waals surface area contributed by atoms with E-state index in [4.69, 9.17) is 4.42 Å². The molecule has 74 valence electrons. The Kier molecular flexibility index (Phi) is 2.11. The maximum absolute atomic E-state index is 5.18. The summed E-state index contributed by atoms with van der Waals surface area (Å²) >= 11 is 0. The summed E-state index contributed by atoms with van der Waals surface area (Å²) in [5, 5.41) is 4.33. The van der Waals surface area contributed by atoms with Crippen molar-refractivity contribution in [2.24, 2.45) is 7.05 Å². The first-order valence-corrected chi connectivity index (χ1v) is 4.62. The normalized spacial score (nSPS) is 11.1. The molecule has 2 aromatic rings. The van der Waals surface area contributed by atoms with Gasteiger partial charge in [0.25, 0.3) is 0 Å². The quantitative estimate of drug-likeness (QED) is 0.730. The van der Waals surface area contributed by atoms with Gasteiger partial charge in [-0.1, -0.05) is 13.8 Å². The predicted octanol–water partition coefficient (Wildman–Crippen LogP) is 2.20. The number of aromatic nitrogens is 3. The third-order valence-electron chi connectivity index (χ3n) is 2.16. The smallest absolute Gasteiger partial charge is 0.246 e. The molecule has 0 aliphatic rings. The van der Waals surface area contributed by atoms with Crippen LogP contribution < -0.4 is 0 Å². The topological polar surface area (TPSA) is 43.9 Å². The van der Waals surface area contributed by atoms with Crippen molar-refractivity contribution in [3.63, 3.8) is 0 Å². The fraction of sp³-hybridized carbons (Fsp3) is 0.400. The molecule has 0 unspecified atom stereocenters. The minimum Gasteiger partial charge on any atom is -0.443 e. The second-order valence-electron chi connectivity index (χ2n) is 3.57. The number of rotatable bonds is 2. The molecule has 0 amide bonds. The van der Waals surface area contributed by atoms with Crippen LogP contribution in [-0.4, -0.2) is 14.8 Å². The maximum atomic E-state index is 5.18. The predicted molar refractivity (Wildman–Crippen MR) is 52.8 cm³/mol. The van der Waals surface area contributed by atoms with Crippen LogP contribution in [0.1, 0.15) is 25.5 Å². The molecular weight excluding hydrogens is 178 g/mol. The van der Waals surface area contributed by atoms with Gasteiger partial charge in [0.2, 0.25) is 5.89 Å². The first kappa shape index (κ1) is 8.99. The van der Waals surface area contributed by atoms with Crippen molar-refractivity contribution in [3.05, 3.63) is 24.2 Å². The van der Waals surface area contributed by atoms with Gasteiger partial charge in [0.1, 0.15) is 12.0 Å². The Balaban J connectivity index is 2.43. The lowest BCUT2D eigenvalue weighted by Crippen LogP contribution is -1.99. The highest BCUT2D eigenvalue weighted by molar-refractivity contribution is 5.47. The molecule has 0 bridgehead atoms. The van der Waals surface area contributed by atoms with E-state index in [9.17, 15) is 0 Å². The molecule has 0 aliphatic carbocycles. The van der Waals surface area contributed by atoms with E-state index in [-0.39, 0.29) is 0 Å². The number of hydrogen-bond acceptors (Lipinski definition) is 3. The summed E-state index contributed by atoms with van der Waals surface area (Å²) in [6, 6.07) is 2.01. The maximum Gasteiger partial charge on any atom is 0.246 e. The number of nitrogens with zero attached hydrogens (tertiary/aromatic N) is 3. The van der Waals surface area contributed by atoms with Crippen LogP contribution in [0.25, 0.3) is 11.6 Å². The van der Waals surface area contributed by atoms with Crippen molar-refractivity contribution >= 4 is 0 Å². The van der Waals surface area contributed by atoms with Crippen molar-refractivity contribution in [1.82, 2.24) is 14.8 Å². The molecule has 0 aromatic carbocycles. The molecule has 0 radical (unpaired) electrons. The van der Waals surface area contributed by atoms with Gasteiger partial charge in [0.05, 0.1) is 6.20 Å². The van der Waals surface area contributed by atoms with Gasteiger partial charge in [-0.15, -0.1) is 0 Å². The molecular formula is C10H13N3O. The summed E-state index contributed by atoms with van der Waals surface area (Å²) < 4.78 is 7.05. The van der Waals surface area contributed by atoms with Crippen LogP contribution in [0.5, 0.6) is 0 Å². The summed E-state index contributed by atoms with van der Waals surface area (Å²) in [4.78, 5) is 4.06. The van der Waals surface area contributed by atoms with Crippen LogP contribution in [0, 0.1) is 0 Å². The summed E-state index contributed by atoms with van der Waals surface area (Å²) in [6.07, 6.45) is 3.18. The molecule has 0 fully saturated rings. The highest BCUT2D eigenvalue weighted by atomic mass is 16.3. The van der Waals surface area contributed by atoms with Crippen molar-refractivity contribution < 1.29 is 4.42 Å². The lowest BCUT2D eigenvalue weighted by atomic mass is 10.1. The first-order valence-electron chi connectivity index (χ1n) is 4.62. The highest BCUT2D eigenvalue weighted by Gasteiger charge is 2.12. The van der Waals surface area contributed by atoms with Crippen molar-refractivity contribution in [3.8, 4) is 11.6 Å². The molecule has 2 aromatic heterocycles. The molecule has 4 nitrogen and oxygen atoms in total. The summed E-state index contributed by atoms with van der Waals surface area (Å²) in [6.45, 7) is 4.27. The molecule has 0 aliphatic heterocycles. The van der Waals surface area contributed by atoms with Gasteiger partial charge in [-0.25, -0.2) is 4.98 Å². The zero-order valence-electron chi connectivity index (χ0n) is 8.56. The van der Waals surface area contributed by atoms with Crippen LogP contribution >= 0.6 is 0 Å². The fourth-order valence-corrected chi connectivity index (χ4v) is 1.48. The molecule has 14 heavy (non-hydrogen) atoms. The van der Waals surface area contributed by atoms with Crippen molar-refractivity contribution in [2.45, 2.75) is 19.8 Å². The van der Waals surface area contributed by atoms with Crippen LogP contribution in [0.2, 0.25) is 0 Å². The molecule has 2 heterocycles. The number of aryl methyl sites for hydroxylation is 1. The minimum absolute atomic E-state index is 0.455. The van der Waals surface area contributed by atoms with Crippen LogP contribution in [0.4, 0.5) is 0 Å². The molecule has 0 saturated carbocycles. The van der Waals surface area contributed by atoms with Gasteiger partial charge in [0.15, 0.2) is 0 Å². The molecule has 0 atom stereocenters. The average molecular weight is 191 g/mol. The Morgan fingerprint density at radius 1 is 1.43 bits per heavy atom. The SMILES string of the molecule is CC(C)c1cc(-c2ncco2)nn1C. The third kappa shape index (κ3) is 1.43. The van der Waals surface area contributed by atoms with E-state index >= 15 is 0 Å². The Labute approximate surface area is 82.6 Å². The van der Waals surface area contributed by atoms with E-state index in [2.05, 4.69) is 23.9 Å². The van der Waals surface area contributed by atoms with Gasteiger partial charge < -0.3 is 4.42 Å². The first-order chi connectivity index (χ1) is 6.68. The van der Waals surface area contributed by atoms with Gasteiger partial charge >= 0.3 is 0 Å². The summed E-state index contributed by atoms with van der Waals surface area (Å²) in [7, 11) is 1.93. The van der Waals surface area contributed by atoms with Crippen molar-refractivity contribution in [1.29, 1.82) is 0 Å². The number of oxazole rings is 1. The lowest BCUT2D eigenvalue weighted by molar-refractivity contribution is 0.569. The van der Waals surface area contributed by atoms with Gasteiger partial charge in [-0.3, -0.25) is 4.68 Å². The third-order valence-corrected chi connectivity index (χ3v) is 2.16. The second kappa shape index (κ2) is 3.29. The Hall–Kier alpha value is -1.58. The lowest BCUT2D eigenvalue weighted by Gasteiger charge is -2.02. The zero-order chi connectivity index (χ0) is 10.1.